The third-order valence-corrected chi connectivity index (χ3v) is 3.16. The summed E-state index contributed by atoms with van der Waals surface area (Å²) in [7, 11) is 3.40. The number of unbranched alkanes of at least 4 members (excludes halogenated alkanes) is 2. The van der Waals surface area contributed by atoms with E-state index in [4.69, 9.17) is 9.47 Å². The van der Waals surface area contributed by atoms with E-state index in [2.05, 4.69) is 12.2 Å². The predicted molar refractivity (Wildman–Crippen MR) is 84.0 cm³/mol. The van der Waals surface area contributed by atoms with Crippen molar-refractivity contribution >= 4 is 6.03 Å². The normalized spacial score (nSPS) is 10.0. The average Bonchev–Trinajstić information content (AvgIpc) is 2.52. The van der Waals surface area contributed by atoms with E-state index >= 15 is 0 Å². The van der Waals surface area contributed by atoms with E-state index in [1.54, 1.807) is 19.1 Å². The van der Waals surface area contributed by atoms with Gasteiger partial charge in [-0.15, -0.1) is 0 Å². The molecule has 0 aromatic heterocycles. The van der Waals surface area contributed by atoms with Gasteiger partial charge in [0.15, 0.2) is 0 Å². The minimum absolute atomic E-state index is 0.0515. The molecule has 0 saturated heterocycles. The Morgan fingerprint density at radius 1 is 1.19 bits per heavy atom. The van der Waals surface area contributed by atoms with Crippen molar-refractivity contribution in [3.63, 3.8) is 0 Å². The van der Waals surface area contributed by atoms with Gasteiger partial charge in [0.25, 0.3) is 0 Å². The molecular weight excluding hydrogens is 268 g/mol. The molecule has 1 aromatic rings. The van der Waals surface area contributed by atoms with Crippen LogP contribution in [0.2, 0.25) is 0 Å². The van der Waals surface area contributed by atoms with Gasteiger partial charge in [-0.3, -0.25) is 0 Å². The molecule has 0 radical (unpaired) electrons. The van der Waals surface area contributed by atoms with Crippen LogP contribution in [-0.2, 0) is 0 Å². The molecule has 0 aliphatic heterocycles. The zero-order chi connectivity index (χ0) is 15.5. The number of methoxy groups -OCH3 is 1. The zero-order valence-corrected chi connectivity index (χ0v) is 13.2. The van der Waals surface area contributed by atoms with Gasteiger partial charge in [0.2, 0.25) is 0 Å². The van der Waals surface area contributed by atoms with E-state index in [9.17, 15) is 4.79 Å². The zero-order valence-electron chi connectivity index (χ0n) is 13.2. The van der Waals surface area contributed by atoms with Crippen molar-refractivity contribution in [3.8, 4) is 11.5 Å². The monoisotopic (exact) mass is 294 g/mol. The lowest BCUT2D eigenvalue weighted by atomic mass is 10.2. The fourth-order valence-electron chi connectivity index (χ4n) is 1.78. The van der Waals surface area contributed by atoms with Gasteiger partial charge in [-0.25, -0.2) is 4.79 Å². The van der Waals surface area contributed by atoms with Crippen LogP contribution in [0.15, 0.2) is 24.3 Å². The molecule has 0 spiro atoms. The number of amides is 2. The maximum Gasteiger partial charge on any atom is 0.317 e. The maximum absolute atomic E-state index is 11.8. The fraction of sp³-hybridized carbons (Fsp3) is 0.562. The number of benzene rings is 1. The smallest absolute Gasteiger partial charge is 0.317 e. The molecule has 1 N–H and O–H groups in total. The van der Waals surface area contributed by atoms with Gasteiger partial charge in [-0.2, -0.15) is 0 Å². The van der Waals surface area contributed by atoms with Gasteiger partial charge in [0.1, 0.15) is 18.1 Å². The minimum atomic E-state index is -0.0515. The third-order valence-electron chi connectivity index (χ3n) is 3.16. The molecule has 0 saturated carbocycles. The predicted octanol–water partition coefficient (Wildman–Crippen LogP) is 2.91. The van der Waals surface area contributed by atoms with E-state index in [-0.39, 0.29) is 6.03 Å². The van der Waals surface area contributed by atoms with E-state index in [0.29, 0.717) is 13.2 Å². The number of carbonyl (C=O) groups is 1. The Hall–Kier alpha value is -1.91. The highest BCUT2D eigenvalue weighted by Crippen LogP contribution is 2.16. The van der Waals surface area contributed by atoms with Crippen molar-refractivity contribution in [1.82, 2.24) is 10.2 Å². The molecule has 21 heavy (non-hydrogen) atoms. The summed E-state index contributed by atoms with van der Waals surface area (Å²) in [6.45, 7) is 3.89. The summed E-state index contributed by atoms with van der Waals surface area (Å²) in [5.41, 5.74) is 0. The Bertz CT molecular complexity index is 406. The molecular formula is C16H26N2O3. The van der Waals surface area contributed by atoms with Gasteiger partial charge in [0.05, 0.1) is 13.7 Å². The number of hydrogen-bond acceptors (Lipinski definition) is 3. The largest absolute Gasteiger partial charge is 0.497 e. The van der Waals surface area contributed by atoms with Gasteiger partial charge >= 0.3 is 6.03 Å². The van der Waals surface area contributed by atoms with Crippen molar-refractivity contribution in [2.24, 2.45) is 0 Å². The summed E-state index contributed by atoms with van der Waals surface area (Å²) in [6.07, 6.45) is 3.32. The molecule has 0 atom stereocenters. The highest BCUT2D eigenvalue weighted by atomic mass is 16.5. The molecule has 0 bridgehead atoms. The standard InChI is InChI=1S/C16H26N2O3/c1-4-5-6-11-17-16(19)18(2)12-13-21-15-9-7-14(20-3)8-10-15/h7-10H,4-6,11-13H2,1-3H3,(H,17,19). The van der Waals surface area contributed by atoms with Crippen molar-refractivity contribution in [3.05, 3.63) is 24.3 Å². The van der Waals surface area contributed by atoms with E-state index in [0.717, 1.165) is 37.3 Å². The van der Waals surface area contributed by atoms with Crippen LogP contribution >= 0.6 is 0 Å². The second-order valence-electron chi connectivity index (χ2n) is 4.88. The first-order valence-corrected chi connectivity index (χ1v) is 7.43. The first-order valence-electron chi connectivity index (χ1n) is 7.43. The number of nitrogens with one attached hydrogen (secondary N) is 1. The summed E-state index contributed by atoms with van der Waals surface area (Å²) < 4.78 is 10.7. The van der Waals surface area contributed by atoms with Crippen molar-refractivity contribution in [1.29, 1.82) is 0 Å². The van der Waals surface area contributed by atoms with Crippen LogP contribution in [0.4, 0.5) is 4.79 Å². The lowest BCUT2D eigenvalue weighted by Gasteiger charge is -2.18. The van der Waals surface area contributed by atoms with Crippen LogP contribution in [0.5, 0.6) is 11.5 Å². The number of ether oxygens (including phenoxy) is 2. The SMILES string of the molecule is CCCCCNC(=O)N(C)CCOc1ccc(OC)cc1. The number of urea groups is 1. The number of likely N-dealkylation sites (N-methyl/N-ethyl adjacent to an activating group) is 1. The molecule has 2 amide bonds. The Labute approximate surface area is 127 Å². The highest BCUT2D eigenvalue weighted by molar-refractivity contribution is 5.73. The Morgan fingerprint density at radius 2 is 1.86 bits per heavy atom. The van der Waals surface area contributed by atoms with Gasteiger partial charge in [0, 0.05) is 13.6 Å². The quantitative estimate of drug-likeness (QED) is 0.712. The molecule has 0 heterocycles. The van der Waals surface area contributed by atoms with Crippen LogP contribution in [-0.4, -0.2) is 44.8 Å². The lowest BCUT2D eigenvalue weighted by Crippen LogP contribution is -2.39. The van der Waals surface area contributed by atoms with Crippen LogP contribution in [0.25, 0.3) is 0 Å². The number of rotatable bonds is 9. The minimum Gasteiger partial charge on any atom is -0.497 e. The first-order chi connectivity index (χ1) is 10.2. The fourth-order valence-corrected chi connectivity index (χ4v) is 1.78. The molecule has 0 aliphatic carbocycles. The molecule has 5 heteroatoms. The van der Waals surface area contributed by atoms with Crippen molar-refractivity contribution in [2.45, 2.75) is 26.2 Å². The van der Waals surface area contributed by atoms with Crippen LogP contribution in [0.3, 0.4) is 0 Å². The number of nitrogens with zero attached hydrogens (tertiary/aromatic N) is 1. The Kier molecular flexibility index (Phi) is 8.09. The lowest BCUT2D eigenvalue weighted by molar-refractivity contribution is 0.195. The van der Waals surface area contributed by atoms with Crippen LogP contribution in [0, 0.1) is 0 Å². The summed E-state index contributed by atoms with van der Waals surface area (Å²) in [5.74, 6) is 1.57. The molecule has 118 valence electrons. The van der Waals surface area contributed by atoms with Gasteiger partial charge in [-0.05, 0) is 30.7 Å². The van der Waals surface area contributed by atoms with Crippen molar-refractivity contribution in [2.75, 3.05) is 33.9 Å². The molecule has 0 fully saturated rings. The van der Waals surface area contributed by atoms with Gasteiger partial charge < -0.3 is 19.7 Å². The van der Waals surface area contributed by atoms with Crippen LogP contribution in [0.1, 0.15) is 26.2 Å². The number of hydrogen-bond donors (Lipinski definition) is 1. The highest BCUT2D eigenvalue weighted by Gasteiger charge is 2.07. The van der Waals surface area contributed by atoms with E-state index in [1.807, 2.05) is 24.3 Å². The molecule has 5 nitrogen and oxygen atoms in total. The summed E-state index contributed by atoms with van der Waals surface area (Å²) in [4.78, 5) is 13.4. The second-order valence-corrected chi connectivity index (χ2v) is 4.88. The van der Waals surface area contributed by atoms with Gasteiger partial charge in [-0.1, -0.05) is 19.8 Å². The number of carbonyl (C=O) groups excluding carboxylic acids is 1. The molecule has 0 unspecified atom stereocenters. The molecule has 0 aliphatic rings. The molecule has 1 rings (SSSR count). The third kappa shape index (κ3) is 6.88. The summed E-state index contributed by atoms with van der Waals surface area (Å²) in [6, 6.07) is 7.34. The van der Waals surface area contributed by atoms with Crippen molar-refractivity contribution < 1.29 is 14.3 Å². The summed E-state index contributed by atoms with van der Waals surface area (Å²) >= 11 is 0. The summed E-state index contributed by atoms with van der Waals surface area (Å²) in [5, 5.41) is 2.90. The topological polar surface area (TPSA) is 50.8 Å². The Morgan fingerprint density at radius 3 is 2.48 bits per heavy atom. The van der Waals surface area contributed by atoms with E-state index in [1.165, 1.54) is 0 Å². The maximum atomic E-state index is 11.8. The second kappa shape index (κ2) is 9.91. The molecule has 1 aromatic carbocycles. The Balaban J connectivity index is 2.19. The van der Waals surface area contributed by atoms with Crippen LogP contribution < -0.4 is 14.8 Å². The average molecular weight is 294 g/mol. The first kappa shape index (κ1) is 17.1. The van der Waals surface area contributed by atoms with E-state index < -0.39 is 0 Å².